The van der Waals surface area contributed by atoms with Gasteiger partial charge >= 0.3 is 0 Å². The molecule has 0 radical (unpaired) electrons. The lowest BCUT2D eigenvalue weighted by Gasteiger charge is -2.45. The molecule has 0 aliphatic carbocycles. The molecular weight excluding hydrogens is 238 g/mol. The number of hydrogen-bond acceptors (Lipinski definition) is 3. The van der Waals surface area contributed by atoms with E-state index in [-0.39, 0.29) is 17.6 Å². The van der Waals surface area contributed by atoms with Crippen LogP contribution in [-0.2, 0) is 5.41 Å². The minimum absolute atomic E-state index is 0.0690. The molecule has 1 aliphatic heterocycles. The predicted molar refractivity (Wildman–Crippen MR) is 77.7 cm³/mol. The van der Waals surface area contributed by atoms with Gasteiger partial charge in [0.25, 0.3) is 0 Å². The van der Waals surface area contributed by atoms with Crippen LogP contribution < -0.4 is 10.1 Å². The van der Waals surface area contributed by atoms with E-state index in [0.717, 1.165) is 25.1 Å². The summed E-state index contributed by atoms with van der Waals surface area (Å²) in [5.74, 6) is 0.896. The van der Waals surface area contributed by atoms with Crippen LogP contribution in [0.5, 0.6) is 5.75 Å². The van der Waals surface area contributed by atoms with Gasteiger partial charge in [-0.3, -0.25) is 0 Å². The number of piperidine rings is 1. The fraction of sp³-hybridized carbons (Fsp3) is 0.625. The average molecular weight is 263 g/mol. The number of ether oxygens (including phenoxy) is 1. The van der Waals surface area contributed by atoms with Crippen LogP contribution in [0.4, 0.5) is 0 Å². The van der Waals surface area contributed by atoms with Crippen molar-refractivity contribution in [2.24, 2.45) is 0 Å². The van der Waals surface area contributed by atoms with Gasteiger partial charge in [0.2, 0.25) is 0 Å². The number of benzene rings is 1. The first-order valence-corrected chi connectivity index (χ1v) is 7.11. The van der Waals surface area contributed by atoms with Crippen molar-refractivity contribution < 1.29 is 9.84 Å². The predicted octanol–water partition coefficient (Wildman–Crippen LogP) is 2.48. The fourth-order valence-electron chi connectivity index (χ4n) is 3.18. The minimum atomic E-state index is -0.126. The first-order chi connectivity index (χ1) is 9.01. The monoisotopic (exact) mass is 263 g/mol. The zero-order chi connectivity index (χ0) is 13.9. The maximum atomic E-state index is 9.94. The molecule has 1 aromatic rings. The molecule has 1 aliphatic rings. The smallest absolute Gasteiger partial charge is 0.119 e. The van der Waals surface area contributed by atoms with Gasteiger partial charge in [-0.15, -0.1) is 0 Å². The molecule has 1 fully saturated rings. The topological polar surface area (TPSA) is 41.5 Å². The van der Waals surface area contributed by atoms with Crippen molar-refractivity contribution in [2.75, 3.05) is 19.8 Å². The molecule has 2 rings (SSSR count). The normalized spacial score (nSPS) is 26.1. The zero-order valence-corrected chi connectivity index (χ0v) is 12.2. The van der Waals surface area contributed by atoms with E-state index in [1.807, 2.05) is 19.1 Å². The van der Waals surface area contributed by atoms with E-state index >= 15 is 0 Å². The highest BCUT2D eigenvalue weighted by atomic mass is 16.5. The highest BCUT2D eigenvalue weighted by Gasteiger charge is 2.40. The Kier molecular flexibility index (Phi) is 4.16. The Balaban J connectivity index is 2.25. The second-order valence-electron chi connectivity index (χ2n) is 6.13. The van der Waals surface area contributed by atoms with Crippen molar-refractivity contribution in [1.29, 1.82) is 0 Å². The highest BCUT2D eigenvalue weighted by molar-refractivity contribution is 5.33. The Morgan fingerprint density at radius 1 is 1.26 bits per heavy atom. The molecule has 1 heterocycles. The number of nitrogens with one attached hydrogen (secondary N) is 1. The number of hydrogen-bond donors (Lipinski definition) is 2. The summed E-state index contributed by atoms with van der Waals surface area (Å²) in [6.45, 7) is 8.21. The van der Waals surface area contributed by atoms with Crippen LogP contribution >= 0.6 is 0 Å². The molecule has 1 aromatic carbocycles. The maximum Gasteiger partial charge on any atom is 0.119 e. The first-order valence-electron chi connectivity index (χ1n) is 7.11. The number of rotatable bonds is 4. The fourth-order valence-corrected chi connectivity index (χ4v) is 3.18. The van der Waals surface area contributed by atoms with Crippen LogP contribution in [0.15, 0.2) is 24.3 Å². The van der Waals surface area contributed by atoms with Gasteiger partial charge in [-0.2, -0.15) is 0 Å². The van der Waals surface area contributed by atoms with Crippen LogP contribution in [0.1, 0.15) is 39.2 Å². The van der Waals surface area contributed by atoms with Crippen molar-refractivity contribution in [3.05, 3.63) is 29.8 Å². The molecule has 0 saturated carbocycles. The Morgan fingerprint density at radius 3 is 2.47 bits per heavy atom. The van der Waals surface area contributed by atoms with Crippen LogP contribution in [0.25, 0.3) is 0 Å². The summed E-state index contributed by atoms with van der Waals surface area (Å²) in [4.78, 5) is 0. The van der Waals surface area contributed by atoms with Gasteiger partial charge in [0, 0.05) is 11.0 Å². The summed E-state index contributed by atoms with van der Waals surface area (Å²) in [5, 5.41) is 13.5. The van der Waals surface area contributed by atoms with Gasteiger partial charge < -0.3 is 15.2 Å². The van der Waals surface area contributed by atoms with Crippen molar-refractivity contribution in [2.45, 2.75) is 44.6 Å². The lowest BCUT2D eigenvalue weighted by atomic mass is 9.68. The Labute approximate surface area is 116 Å². The molecule has 1 saturated heterocycles. The van der Waals surface area contributed by atoms with Gasteiger partial charge in [0.05, 0.1) is 13.2 Å². The maximum absolute atomic E-state index is 9.94. The van der Waals surface area contributed by atoms with E-state index in [1.165, 1.54) is 5.56 Å². The van der Waals surface area contributed by atoms with Crippen molar-refractivity contribution in [3.8, 4) is 5.75 Å². The minimum Gasteiger partial charge on any atom is -0.494 e. The molecule has 2 N–H and O–H groups in total. The Hall–Kier alpha value is -1.06. The molecule has 0 bridgehead atoms. The molecule has 3 heteroatoms. The van der Waals surface area contributed by atoms with Crippen molar-refractivity contribution in [1.82, 2.24) is 5.32 Å². The summed E-state index contributed by atoms with van der Waals surface area (Å²) >= 11 is 0. The molecule has 0 amide bonds. The van der Waals surface area contributed by atoms with Crippen molar-refractivity contribution >= 4 is 0 Å². The molecule has 0 spiro atoms. The van der Waals surface area contributed by atoms with E-state index < -0.39 is 0 Å². The molecule has 3 nitrogen and oxygen atoms in total. The largest absolute Gasteiger partial charge is 0.494 e. The second-order valence-corrected chi connectivity index (χ2v) is 6.13. The molecule has 19 heavy (non-hydrogen) atoms. The van der Waals surface area contributed by atoms with Gasteiger partial charge in [-0.1, -0.05) is 12.1 Å². The Bertz CT molecular complexity index is 413. The summed E-state index contributed by atoms with van der Waals surface area (Å²) in [6, 6.07) is 8.21. The third-order valence-corrected chi connectivity index (χ3v) is 4.07. The third kappa shape index (κ3) is 3.10. The second kappa shape index (κ2) is 5.51. The third-order valence-electron chi connectivity index (χ3n) is 4.07. The standard InChI is InChI=1S/C16H25NO2/c1-4-19-14-7-5-13(6-8-14)16(12-18)9-10-17-15(2,3)11-16/h5-8,17-18H,4,9-12H2,1-3H3. The molecule has 1 unspecified atom stereocenters. The van der Waals surface area contributed by atoms with Gasteiger partial charge in [0.15, 0.2) is 0 Å². The SMILES string of the molecule is CCOc1ccc(C2(CO)CCNC(C)(C)C2)cc1. The summed E-state index contributed by atoms with van der Waals surface area (Å²) in [7, 11) is 0. The van der Waals surface area contributed by atoms with Gasteiger partial charge in [-0.05, 0) is 57.9 Å². The van der Waals surface area contributed by atoms with Gasteiger partial charge in [-0.25, -0.2) is 0 Å². The van der Waals surface area contributed by atoms with E-state index in [4.69, 9.17) is 4.74 Å². The van der Waals surface area contributed by atoms with Crippen LogP contribution in [-0.4, -0.2) is 30.4 Å². The van der Waals surface area contributed by atoms with E-state index in [1.54, 1.807) is 0 Å². The van der Waals surface area contributed by atoms with Crippen molar-refractivity contribution in [3.63, 3.8) is 0 Å². The molecule has 106 valence electrons. The number of aliphatic hydroxyl groups is 1. The van der Waals surface area contributed by atoms with Crippen LogP contribution in [0, 0.1) is 0 Å². The number of aliphatic hydroxyl groups excluding tert-OH is 1. The van der Waals surface area contributed by atoms with Gasteiger partial charge in [0.1, 0.15) is 5.75 Å². The quantitative estimate of drug-likeness (QED) is 0.877. The van der Waals surface area contributed by atoms with Crippen LogP contribution in [0.2, 0.25) is 0 Å². The highest BCUT2D eigenvalue weighted by Crippen LogP contribution is 2.39. The lowest BCUT2D eigenvalue weighted by Crippen LogP contribution is -2.53. The van der Waals surface area contributed by atoms with E-state index in [2.05, 4.69) is 31.3 Å². The summed E-state index contributed by atoms with van der Waals surface area (Å²) in [5.41, 5.74) is 1.16. The first kappa shape index (κ1) is 14.4. The van der Waals surface area contributed by atoms with Crippen LogP contribution in [0.3, 0.4) is 0 Å². The Morgan fingerprint density at radius 2 is 1.95 bits per heavy atom. The molecule has 1 atom stereocenters. The molecule has 0 aromatic heterocycles. The summed E-state index contributed by atoms with van der Waals surface area (Å²) < 4.78 is 5.48. The zero-order valence-electron chi connectivity index (χ0n) is 12.2. The average Bonchev–Trinajstić information content (AvgIpc) is 2.38. The van der Waals surface area contributed by atoms with E-state index in [9.17, 15) is 5.11 Å². The van der Waals surface area contributed by atoms with E-state index in [0.29, 0.717) is 6.61 Å². The molecular formula is C16H25NO2. The summed E-state index contributed by atoms with van der Waals surface area (Å²) in [6.07, 6.45) is 1.92. The lowest BCUT2D eigenvalue weighted by molar-refractivity contribution is 0.112.